The molecule has 0 aliphatic heterocycles. The zero-order chi connectivity index (χ0) is 16.0. The molecule has 23 heavy (non-hydrogen) atoms. The number of nitrogens with zero attached hydrogens (tertiary/aromatic N) is 2. The van der Waals surface area contributed by atoms with Gasteiger partial charge in [-0.05, 0) is 30.5 Å². The summed E-state index contributed by atoms with van der Waals surface area (Å²) in [6.45, 7) is 0. The Balaban J connectivity index is 2.14. The number of rotatable bonds is 2. The van der Waals surface area contributed by atoms with Gasteiger partial charge < -0.3 is 4.98 Å². The molecule has 0 aliphatic carbocycles. The molecule has 4 aromatic rings. The van der Waals surface area contributed by atoms with Crippen LogP contribution in [0.2, 0.25) is 5.02 Å². The number of benzene rings is 2. The third kappa shape index (κ3) is 2.24. The van der Waals surface area contributed by atoms with Gasteiger partial charge in [0.25, 0.3) is 5.56 Å². The van der Waals surface area contributed by atoms with Crippen LogP contribution in [0.25, 0.3) is 27.6 Å². The van der Waals surface area contributed by atoms with Crippen molar-refractivity contribution in [3.63, 3.8) is 0 Å². The highest BCUT2D eigenvalue weighted by atomic mass is 35.5. The van der Waals surface area contributed by atoms with Gasteiger partial charge in [0.1, 0.15) is 11.0 Å². The predicted molar refractivity (Wildman–Crippen MR) is 96.0 cm³/mol. The molecule has 0 fully saturated rings. The Bertz CT molecular complexity index is 1100. The van der Waals surface area contributed by atoms with Gasteiger partial charge in [-0.2, -0.15) is 0 Å². The van der Waals surface area contributed by atoms with E-state index in [-0.39, 0.29) is 5.56 Å². The summed E-state index contributed by atoms with van der Waals surface area (Å²) in [7, 11) is 0. The van der Waals surface area contributed by atoms with Crippen LogP contribution in [0.3, 0.4) is 0 Å². The lowest BCUT2D eigenvalue weighted by molar-refractivity contribution is 0.821. The number of nitrogens with one attached hydrogen (secondary N) is 1. The Kier molecular flexibility index (Phi) is 3.39. The van der Waals surface area contributed by atoms with Crippen LogP contribution in [0, 0.1) is 0 Å². The second kappa shape index (κ2) is 5.44. The molecule has 2 aromatic carbocycles. The van der Waals surface area contributed by atoms with Crippen molar-refractivity contribution < 1.29 is 0 Å². The molecule has 2 heterocycles. The summed E-state index contributed by atoms with van der Waals surface area (Å²) in [6.07, 6.45) is 1.91. The lowest BCUT2D eigenvalue weighted by Crippen LogP contribution is -2.21. The maximum Gasteiger partial charge on any atom is 0.283 e. The molecule has 6 heteroatoms. The van der Waals surface area contributed by atoms with Crippen molar-refractivity contribution >= 4 is 45.3 Å². The van der Waals surface area contributed by atoms with E-state index in [1.165, 1.54) is 11.8 Å². The molecule has 114 valence electrons. The van der Waals surface area contributed by atoms with Crippen molar-refractivity contribution in [3.8, 4) is 5.69 Å². The van der Waals surface area contributed by atoms with Crippen LogP contribution < -0.4 is 5.56 Å². The monoisotopic (exact) mass is 341 g/mol. The largest absolute Gasteiger partial charge is 0.349 e. The van der Waals surface area contributed by atoms with E-state index in [1.54, 1.807) is 16.7 Å². The number of halogens is 1. The summed E-state index contributed by atoms with van der Waals surface area (Å²) in [5.41, 5.74) is 2.69. The molecule has 0 bridgehead atoms. The van der Waals surface area contributed by atoms with E-state index in [0.717, 1.165) is 10.9 Å². The summed E-state index contributed by atoms with van der Waals surface area (Å²) in [4.78, 5) is 20.9. The van der Waals surface area contributed by atoms with Crippen molar-refractivity contribution in [1.29, 1.82) is 0 Å². The fourth-order valence-electron chi connectivity index (χ4n) is 2.72. The third-order valence-corrected chi connectivity index (χ3v) is 4.62. The molecule has 0 saturated carbocycles. The average molecular weight is 342 g/mol. The molecule has 2 aromatic heterocycles. The normalized spacial score (nSPS) is 11.4. The van der Waals surface area contributed by atoms with Crippen molar-refractivity contribution in [1.82, 2.24) is 14.5 Å². The summed E-state index contributed by atoms with van der Waals surface area (Å²) in [6, 6.07) is 15.0. The highest BCUT2D eigenvalue weighted by Gasteiger charge is 2.16. The Hall–Kier alpha value is -2.24. The molecule has 0 amide bonds. The molecular formula is C17H12ClN3OS. The van der Waals surface area contributed by atoms with Crippen LogP contribution in [0.5, 0.6) is 0 Å². The van der Waals surface area contributed by atoms with Crippen molar-refractivity contribution in [2.24, 2.45) is 0 Å². The van der Waals surface area contributed by atoms with E-state index >= 15 is 0 Å². The Morgan fingerprint density at radius 2 is 2.00 bits per heavy atom. The Morgan fingerprint density at radius 3 is 2.78 bits per heavy atom. The smallest absolute Gasteiger partial charge is 0.283 e. The van der Waals surface area contributed by atoms with Gasteiger partial charge in [-0.1, -0.05) is 47.6 Å². The van der Waals surface area contributed by atoms with Crippen LogP contribution in [-0.4, -0.2) is 20.8 Å². The van der Waals surface area contributed by atoms with Crippen LogP contribution in [0.4, 0.5) is 0 Å². The van der Waals surface area contributed by atoms with E-state index < -0.39 is 0 Å². The van der Waals surface area contributed by atoms with Crippen molar-refractivity contribution in [3.05, 3.63) is 63.9 Å². The summed E-state index contributed by atoms with van der Waals surface area (Å²) >= 11 is 7.51. The second-order valence-corrected chi connectivity index (χ2v) is 6.32. The molecule has 4 nitrogen and oxygen atoms in total. The van der Waals surface area contributed by atoms with Gasteiger partial charge in [0.15, 0.2) is 5.16 Å². The zero-order valence-electron chi connectivity index (χ0n) is 12.2. The molecule has 1 N–H and O–H groups in total. The molecule has 0 radical (unpaired) electrons. The maximum absolute atomic E-state index is 13.0. The minimum Gasteiger partial charge on any atom is -0.349 e. The predicted octanol–water partition coefficient (Wildman–Crippen LogP) is 4.24. The first-order valence-electron chi connectivity index (χ1n) is 7.02. The summed E-state index contributed by atoms with van der Waals surface area (Å²) < 4.78 is 1.59. The lowest BCUT2D eigenvalue weighted by Gasteiger charge is -2.10. The first-order valence-corrected chi connectivity index (χ1v) is 8.62. The Labute approximate surface area is 141 Å². The molecular weight excluding hydrogens is 330 g/mol. The molecule has 0 aliphatic rings. The van der Waals surface area contributed by atoms with Crippen LogP contribution in [0.15, 0.2) is 58.5 Å². The summed E-state index contributed by atoms with van der Waals surface area (Å²) in [5.74, 6) is 0. The van der Waals surface area contributed by atoms with Crippen LogP contribution in [0.1, 0.15) is 0 Å². The molecule has 0 spiro atoms. The number of fused-ring (bicyclic) bond motifs is 3. The molecule has 0 saturated heterocycles. The van der Waals surface area contributed by atoms with Crippen LogP contribution >= 0.6 is 23.4 Å². The van der Waals surface area contributed by atoms with Gasteiger partial charge in [0.05, 0.1) is 5.69 Å². The van der Waals surface area contributed by atoms with E-state index in [0.29, 0.717) is 26.9 Å². The number of para-hydroxylation sites is 1. The van der Waals surface area contributed by atoms with E-state index in [1.807, 2.05) is 42.7 Å². The zero-order valence-corrected chi connectivity index (χ0v) is 13.8. The fourth-order valence-corrected chi connectivity index (χ4v) is 3.46. The number of thioether (sulfide) groups is 1. The van der Waals surface area contributed by atoms with Gasteiger partial charge in [-0.15, -0.1) is 0 Å². The second-order valence-electron chi connectivity index (χ2n) is 5.11. The number of hydrogen-bond donors (Lipinski definition) is 1. The van der Waals surface area contributed by atoms with E-state index in [2.05, 4.69) is 4.98 Å². The number of aromatic nitrogens is 3. The third-order valence-electron chi connectivity index (χ3n) is 3.74. The minimum atomic E-state index is -0.127. The van der Waals surface area contributed by atoms with Crippen LogP contribution in [-0.2, 0) is 0 Å². The maximum atomic E-state index is 13.0. The first-order chi connectivity index (χ1) is 11.2. The molecule has 4 rings (SSSR count). The number of aromatic amines is 1. The van der Waals surface area contributed by atoms with E-state index in [4.69, 9.17) is 16.6 Å². The quantitative estimate of drug-likeness (QED) is 0.438. The SMILES string of the molecule is CSc1nc2c([nH]c3ccccc32)c(=O)n1-c1cccc(Cl)c1. The van der Waals surface area contributed by atoms with Gasteiger partial charge in [-0.3, -0.25) is 9.36 Å². The molecule has 0 atom stereocenters. The van der Waals surface area contributed by atoms with Crippen molar-refractivity contribution in [2.75, 3.05) is 6.26 Å². The van der Waals surface area contributed by atoms with Gasteiger partial charge in [-0.25, -0.2) is 4.98 Å². The first kappa shape index (κ1) is 14.4. The summed E-state index contributed by atoms with van der Waals surface area (Å²) in [5, 5.41) is 2.17. The van der Waals surface area contributed by atoms with Gasteiger partial charge in [0, 0.05) is 15.9 Å². The lowest BCUT2D eigenvalue weighted by atomic mass is 10.2. The standard InChI is InChI=1S/C17H12ClN3OS/c1-23-17-20-14-12-7-2-3-8-13(12)19-15(14)16(22)21(17)11-6-4-5-10(18)9-11/h2-9,19H,1H3. The average Bonchev–Trinajstić information content (AvgIpc) is 2.94. The van der Waals surface area contributed by atoms with Crippen molar-refractivity contribution in [2.45, 2.75) is 5.16 Å². The Morgan fingerprint density at radius 1 is 1.17 bits per heavy atom. The molecule has 0 unspecified atom stereocenters. The minimum absolute atomic E-state index is 0.127. The highest BCUT2D eigenvalue weighted by Crippen LogP contribution is 2.25. The van der Waals surface area contributed by atoms with E-state index in [9.17, 15) is 4.79 Å². The number of H-pyrrole nitrogens is 1. The highest BCUT2D eigenvalue weighted by molar-refractivity contribution is 7.98. The van der Waals surface area contributed by atoms with Gasteiger partial charge in [0.2, 0.25) is 0 Å². The topological polar surface area (TPSA) is 50.7 Å². The fraction of sp³-hybridized carbons (Fsp3) is 0.0588. The number of hydrogen-bond acceptors (Lipinski definition) is 3. The van der Waals surface area contributed by atoms with Gasteiger partial charge >= 0.3 is 0 Å².